The van der Waals surface area contributed by atoms with E-state index in [4.69, 9.17) is 16.3 Å². The molecule has 2 N–H and O–H groups in total. The topological polar surface area (TPSA) is 84.5 Å². The summed E-state index contributed by atoms with van der Waals surface area (Å²) >= 11 is 6.08. The first kappa shape index (κ1) is 19.0. The van der Waals surface area contributed by atoms with Crippen molar-refractivity contribution in [3.63, 3.8) is 0 Å². The van der Waals surface area contributed by atoms with Gasteiger partial charge in [-0.15, -0.1) is 6.58 Å². The van der Waals surface area contributed by atoms with Crippen LogP contribution in [-0.2, 0) is 10.0 Å². The van der Waals surface area contributed by atoms with Crippen LogP contribution in [0.2, 0.25) is 5.02 Å². The summed E-state index contributed by atoms with van der Waals surface area (Å²) in [4.78, 5) is 12.3. The maximum atomic E-state index is 12.3. The normalized spacial score (nSPS) is 11.0. The predicted octanol–water partition coefficient (Wildman–Crippen LogP) is 3.07. The number of nitrogens with one attached hydrogen (secondary N) is 2. The molecule has 0 bridgehead atoms. The quantitative estimate of drug-likeness (QED) is 0.723. The van der Waals surface area contributed by atoms with Gasteiger partial charge in [0.2, 0.25) is 10.0 Å². The molecule has 0 unspecified atom stereocenters. The summed E-state index contributed by atoms with van der Waals surface area (Å²) < 4.78 is 31.4. The van der Waals surface area contributed by atoms with Crippen LogP contribution >= 0.6 is 11.6 Å². The summed E-state index contributed by atoms with van der Waals surface area (Å²) in [6.07, 6.45) is 1.44. The lowest BCUT2D eigenvalue weighted by Gasteiger charge is -2.09. The minimum Gasteiger partial charge on any atom is -0.497 e. The van der Waals surface area contributed by atoms with Crippen molar-refractivity contribution in [1.82, 2.24) is 4.72 Å². The number of ether oxygens (including phenoxy) is 1. The van der Waals surface area contributed by atoms with E-state index in [2.05, 4.69) is 16.6 Å². The second-order valence-corrected chi connectivity index (χ2v) is 7.14. The van der Waals surface area contributed by atoms with Crippen LogP contribution in [0.5, 0.6) is 5.75 Å². The Morgan fingerprint density at radius 1 is 1.24 bits per heavy atom. The lowest BCUT2D eigenvalue weighted by Crippen LogP contribution is -2.23. The first-order valence-corrected chi connectivity index (χ1v) is 9.09. The molecule has 0 aliphatic heterocycles. The van der Waals surface area contributed by atoms with Crippen LogP contribution < -0.4 is 14.8 Å². The maximum absolute atomic E-state index is 12.3. The number of halogens is 1. The van der Waals surface area contributed by atoms with Gasteiger partial charge in [0.25, 0.3) is 5.91 Å². The van der Waals surface area contributed by atoms with E-state index in [-0.39, 0.29) is 11.4 Å². The number of amides is 1. The number of anilines is 1. The van der Waals surface area contributed by atoms with Crippen LogP contribution in [0.15, 0.2) is 60.0 Å². The molecule has 0 aromatic heterocycles. The second kappa shape index (κ2) is 8.15. The van der Waals surface area contributed by atoms with E-state index in [0.29, 0.717) is 22.0 Å². The number of methoxy groups -OCH3 is 1. The van der Waals surface area contributed by atoms with Crippen LogP contribution in [0, 0.1) is 0 Å². The van der Waals surface area contributed by atoms with E-state index in [1.807, 2.05) is 0 Å². The molecule has 2 rings (SSSR count). The van der Waals surface area contributed by atoms with E-state index < -0.39 is 15.9 Å². The first-order chi connectivity index (χ1) is 11.9. The Morgan fingerprint density at radius 3 is 2.48 bits per heavy atom. The highest BCUT2D eigenvalue weighted by atomic mass is 35.5. The van der Waals surface area contributed by atoms with Gasteiger partial charge in [-0.3, -0.25) is 4.79 Å². The first-order valence-electron chi connectivity index (χ1n) is 7.23. The number of carbonyl (C=O) groups is 1. The average molecular weight is 381 g/mol. The van der Waals surface area contributed by atoms with Crippen molar-refractivity contribution in [3.05, 3.63) is 65.7 Å². The molecule has 0 spiro atoms. The molecule has 25 heavy (non-hydrogen) atoms. The summed E-state index contributed by atoms with van der Waals surface area (Å²) in [5.74, 6) is 0.166. The minimum atomic E-state index is -3.63. The predicted molar refractivity (Wildman–Crippen MR) is 97.8 cm³/mol. The average Bonchev–Trinajstić information content (AvgIpc) is 2.61. The molecular weight excluding hydrogens is 364 g/mol. The third kappa shape index (κ3) is 4.82. The van der Waals surface area contributed by atoms with Crippen LogP contribution in [0.4, 0.5) is 5.69 Å². The molecule has 2 aromatic rings. The second-order valence-electron chi connectivity index (χ2n) is 4.96. The lowest BCUT2D eigenvalue weighted by molar-refractivity contribution is 0.102. The van der Waals surface area contributed by atoms with E-state index in [1.165, 1.54) is 37.5 Å². The maximum Gasteiger partial charge on any atom is 0.255 e. The van der Waals surface area contributed by atoms with Gasteiger partial charge in [0, 0.05) is 18.2 Å². The molecule has 0 radical (unpaired) electrons. The summed E-state index contributed by atoms with van der Waals surface area (Å²) in [6.45, 7) is 3.58. The Bertz CT molecular complexity index is 880. The zero-order valence-electron chi connectivity index (χ0n) is 13.5. The highest BCUT2D eigenvalue weighted by Gasteiger charge is 2.14. The van der Waals surface area contributed by atoms with E-state index >= 15 is 0 Å². The molecule has 0 atom stereocenters. The van der Waals surface area contributed by atoms with E-state index in [1.54, 1.807) is 18.2 Å². The molecule has 2 aromatic carbocycles. The van der Waals surface area contributed by atoms with Crippen molar-refractivity contribution in [2.45, 2.75) is 4.90 Å². The lowest BCUT2D eigenvalue weighted by atomic mass is 10.2. The largest absolute Gasteiger partial charge is 0.497 e. The highest BCUT2D eigenvalue weighted by molar-refractivity contribution is 7.89. The van der Waals surface area contributed by atoms with Gasteiger partial charge in [-0.1, -0.05) is 17.7 Å². The molecule has 1 amide bonds. The molecule has 0 heterocycles. The number of hydrogen-bond acceptors (Lipinski definition) is 4. The molecule has 0 saturated carbocycles. The standard InChI is InChI=1S/C17H17ClN2O4S/c1-3-10-19-25(22,23)14-7-4-12(5-8-14)17(21)20-16-9-6-13(24-2)11-15(16)18/h3-9,11,19H,1,10H2,2H3,(H,20,21). The fourth-order valence-corrected chi connectivity index (χ4v) is 3.17. The van der Waals surface area contributed by atoms with Crippen LogP contribution in [-0.4, -0.2) is 28.0 Å². The van der Waals surface area contributed by atoms with Gasteiger partial charge in [-0.2, -0.15) is 0 Å². The van der Waals surface area contributed by atoms with Crippen LogP contribution in [0.25, 0.3) is 0 Å². The van der Waals surface area contributed by atoms with Gasteiger partial charge < -0.3 is 10.1 Å². The zero-order valence-corrected chi connectivity index (χ0v) is 15.0. The van der Waals surface area contributed by atoms with Crippen molar-refractivity contribution in [2.75, 3.05) is 19.0 Å². The van der Waals surface area contributed by atoms with Gasteiger partial charge in [-0.05, 0) is 36.4 Å². The Hall–Kier alpha value is -2.35. The number of benzene rings is 2. The van der Waals surface area contributed by atoms with Crippen molar-refractivity contribution in [3.8, 4) is 5.75 Å². The van der Waals surface area contributed by atoms with Gasteiger partial charge in [0.05, 0.1) is 22.7 Å². The van der Waals surface area contributed by atoms with Gasteiger partial charge in [-0.25, -0.2) is 13.1 Å². The number of rotatable bonds is 7. The van der Waals surface area contributed by atoms with Crippen LogP contribution in [0.1, 0.15) is 10.4 Å². The van der Waals surface area contributed by atoms with Crippen molar-refractivity contribution in [1.29, 1.82) is 0 Å². The monoisotopic (exact) mass is 380 g/mol. The van der Waals surface area contributed by atoms with Crippen molar-refractivity contribution >= 4 is 33.2 Å². The summed E-state index contributed by atoms with van der Waals surface area (Å²) in [5, 5.41) is 3.00. The van der Waals surface area contributed by atoms with Gasteiger partial charge in [0.15, 0.2) is 0 Å². The molecule has 0 saturated heterocycles. The molecular formula is C17H17ClN2O4S. The third-order valence-corrected chi connectivity index (χ3v) is 5.02. The number of carbonyl (C=O) groups excluding carboxylic acids is 1. The zero-order chi connectivity index (χ0) is 18.4. The van der Waals surface area contributed by atoms with Crippen molar-refractivity contribution in [2.24, 2.45) is 0 Å². The fourth-order valence-electron chi connectivity index (χ4n) is 1.96. The Balaban J connectivity index is 2.14. The summed E-state index contributed by atoms with van der Waals surface area (Å²) in [7, 11) is -2.11. The fraction of sp³-hybridized carbons (Fsp3) is 0.118. The number of sulfonamides is 1. The molecule has 6 nitrogen and oxygen atoms in total. The van der Waals surface area contributed by atoms with Crippen LogP contribution in [0.3, 0.4) is 0 Å². The van der Waals surface area contributed by atoms with E-state index in [9.17, 15) is 13.2 Å². The summed E-state index contributed by atoms with van der Waals surface area (Å²) in [6, 6.07) is 10.4. The Morgan fingerprint density at radius 2 is 1.92 bits per heavy atom. The van der Waals surface area contributed by atoms with E-state index in [0.717, 1.165) is 0 Å². The smallest absolute Gasteiger partial charge is 0.255 e. The third-order valence-electron chi connectivity index (χ3n) is 3.27. The molecule has 8 heteroatoms. The Labute approximate surface area is 151 Å². The highest BCUT2D eigenvalue weighted by Crippen LogP contribution is 2.27. The molecule has 0 fully saturated rings. The van der Waals surface area contributed by atoms with Gasteiger partial charge >= 0.3 is 0 Å². The van der Waals surface area contributed by atoms with Gasteiger partial charge in [0.1, 0.15) is 5.75 Å². The summed E-state index contributed by atoms with van der Waals surface area (Å²) in [5.41, 5.74) is 0.728. The van der Waals surface area contributed by atoms with Crippen molar-refractivity contribution < 1.29 is 17.9 Å². The Kier molecular flexibility index (Phi) is 6.19. The number of hydrogen-bond donors (Lipinski definition) is 2. The molecule has 0 aliphatic carbocycles. The minimum absolute atomic E-state index is 0.0633. The molecule has 132 valence electrons. The molecule has 0 aliphatic rings. The SMILES string of the molecule is C=CCNS(=O)(=O)c1ccc(C(=O)Nc2ccc(OC)cc2Cl)cc1.